The Hall–Kier alpha value is -3.36. The SMILES string of the molecule is COCC(=O)N(Cc1c(C)nn(-c2ccccc2)c1Oc1cccc(OC)c1)C[C@@H]1CCCO1. The summed E-state index contributed by atoms with van der Waals surface area (Å²) in [5, 5.41) is 4.77. The van der Waals surface area contributed by atoms with Crippen molar-refractivity contribution in [3.05, 3.63) is 65.9 Å². The summed E-state index contributed by atoms with van der Waals surface area (Å²) in [6, 6.07) is 17.2. The van der Waals surface area contributed by atoms with Crippen molar-refractivity contribution in [3.8, 4) is 23.1 Å². The van der Waals surface area contributed by atoms with E-state index in [1.165, 1.54) is 7.11 Å². The number of methoxy groups -OCH3 is 2. The number of carbonyl (C=O) groups is 1. The number of benzene rings is 2. The van der Waals surface area contributed by atoms with Crippen LogP contribution in [0.15, 0.2) is 54.6 Å². The fourth-order valence-corrected chi connectivity index (χ4v) is 4.04. The number of ether oxygens (including phenoxy) is 4. The van der Waals surface area contributed by atoms with Crippen molar-refractivity contribution in [2.24, 2.45) is 0 Å². The van der Waals surface area contributed by atoms with Crippen molar-refractivity contribution in [3.63, 3.8) is 0 Å². The van der Waals surface area contributed by atoms with E-state index < -0.39 is 0 Å². The van der Waals surface area contributed by atoms with Crippen molar-refractivity contribution in [1.82, 2.24) is 14.7 Å². The number of aromatic nitrogens is 2. The largest absolute Gasteiger partial charge is 0.497 e. The van der Waals surface area contributed by atoms with Crippen molar-refractivity contribution in [2.75, 3.05) is 34.0 Å². The molecule has 1 aliphatic rings. The Kier molecular flexibility index (Phi) is 7.82. The molecule has 0 saturated carbocycles. The van der Waals surface area contributed by atoms with E-state index in [9.17, 15) is 4.79 Å². The van der Waals surface area contributed by atoms with Gasteiger partial charge in [0.1, 0.15) is 18.1 Å². The molecule has 1 saturated heterocycles. The number of para-hydroxylation sites is 1. The third-order valence-electron chi connectivity index (χ3n) is 5.81. The molecule has 0 unspecified atom stereocenters. The van der Waals surface area contributed by atoms with Gasteiger partial charge in [0.15, 0.2) is 0 Å². The van der Waals surface area contributed by atoms with Crippen LogP contribution >= 0.6 is 0 Å². The zero-order valence-corrected chi connectivity index (χ0v) is 19.9. The molecule has 0 radical (unpaired) electrons. The van der Waals surface area contributed by atoms with E-state index in [1.54, 1.807) is 16.7 Å². The first-order valence-electron chi connectivity index (χ1n) is 11.4. The third kappa shape index (κ3) is 5.58. The summed E-state index contributed by atoms with van der Waals surface area (Å²) >= 11 is 0. The molecule has 0 aliphatic carbocycles. The summed E-state index contributed by atoms with van der Waals surface area (Å²) in [7, 11) is 3.14. The highest BCUT2D eigenvalue weighted by molar-refractivity contribution is 5.77. The lowest BCUT2D eigenvalue weighted by Crippen LogP contribution is -2.39. The Morgan fingerprint density at radius 1 is 1.15 bits per heavy atom. The van der Waals surface area contributed by atoms with Gasteiger partial charge in [-0.25, -0.2) is 4.68 Å². The smallest absolute Gasteiger partial charge is 0.248 e. The molecule has 3 aromatic rings. The highest BCUT2D eigenvalue weighted by Gasteiger charge is 2.27. The molecule has 0 N–H and O–H groups in total. The molecule has 1 aromatic heterocycles. The summed E-state index contributed by atoms with van der Waals surface area (Å²) < 4.78 is 24.5. The molecule has 0 bridgehead atoms. The quantitative estimate of drug-likeness (QED) is 0.448. The van der Waals surface area contributed by atoms with Gasteiger partial charge in [-0.3, -0.25) is 4.79 Å². The van der Waals surface area contributed by atoms with Gasteiger partial charge >= 0.3 is 0 Å². The van der Waals surface area contributed by atoms with E-state index in [2.05, 4.69) is 0 Å². The normalized spacial score (nSPS) is 15.3. The number of aryl methyl sites for hydroxylation is 1. The number of carbonyl (C=O) groups excluding carboxylic acids is 1. The number of hydrogen-bond acceptors (Lipinski definition) is 6. The molecule has 34 heavy (non-hydrogen) atoms. The summed E-state index contributed by atoms with van der Waals surface area (Å²) in [6.07, 6.45) is 1.96. The minimum atomic E-state index is -0.0998. The molecule has 0 spiro atoms. The molecule has 4 rings (SSSR count). The van der Waals surface area contributed by atoms with Gasteiger partial charge in [0.05, 0.1) is 36.7 Å². The maximum absolute atomic E-state index is 12.9. The zero-order valence-electron chi connectivity index (χ0n) is 19.9. The van der Waals surface area contributed by atoms with E-state index in [4.69, 9.17) is 24.0 Å². The van der Waals surface area contributed by atoms with Gasteiger partial charge < -0.3 is 23.8 Å². The van der Waals surface area contributed by atoms with Crippen LogP contribution in [-0.4, -0.2) is 60.7 Å². The minimum absolute atomic E-state index is 0.00463. The average Bonchev–Trinajstić information content (AvgIpc) is 3.48. The zero-order chi connectivity index (χ0) is 23.9. The number of rotatable bonds is 10. The second-order valence-corrected chi connectivity index (χ2v) is 8.24. The molecule has 8 nitrogen and oxygen atoms in total. The lowest BCUT2D eigenvalue weighted by atomic mass is 10.2. The van der Waals surface area contributed by atoms with Crippen LogP contribution in [0.2, 0.25) is 0 Å². The first kappa shape index (κ1) is 23.8. The molecule has 8 heteroatoms. The molecule has 1 atom stereocenters. The number of nitrogens with zero attached hydrogens (tertiary/aromatic N) is 3. The van der Waals surface area contributed by atoms with Crippen LogP contribution in [0, 0.1) is 6.92 Å². The molecule has 1 amide bonds. The fourth-order valence-electron chi connectivity index (χ4n) is 4.04. The topological polar surface area (TPSA) is 75.1 Å². The minimum Gasteiger partial charge on any atom is -0.497 e. The predicted molar refractivity (Wildman–Crippen MR) is 128 cm³/mol. The molecular weight excluding hydrogens is 434 g/mol. The van der Waals surface area contributed by atoms with Crippen LogP contribution in [-0.2, 0) is 20.8 Å². The number of hydrogen-bond donors (Lipinski definition) is 0. The fraction of sp³-hybridized carbons (Fsp3) is 0.385. The summed E-state index contributed by atoms with van der Waals surface area (Å²) in [5.74, 6) is 1.76. The van der Waals surface area contributed by atoms with Gasteiger partial charge in [0.2, 0.25) is 11.8 Å². The second kappa shape index (κ2) is 11.2. The molecule has 180 valence electrons. The van der Waals surface area contributed by atoms with Crippen molar-refractivity contribution in [1.29, 1.82) is 0 Å². The van der Waals surface area contributed by atoms with Gasteiger partial charge in [0.25, 0.3) is 0 Å². The van der Waals surface area contributed by atoms with E-state index in [-0.39, 0.29) is 18.6 Å². The molecule has 1 fully saturated rings. The predicted octanol–water partition coefficient (Wildman–Crippen LogP) is 4.14. The summed E-state index contributed by atoms with van der Waals surface area (Å²) in [4.78, 5) is 14.7. The van der Waals surface area contributed by atoms with E-state index in [1.807, 2.05) is 61.5 Å². The summed E-state index contributed by atoms with van der Waals surface area (Å²) in [6.45, 7) is 3.49. The van der Waals surface area contributed by atoms with Gasteiger partial charge in [0, 0.05) is 26.3 Å². The summed E-state index contributed by atoms with van der Waals surface area (Å²) in [5.41, 5.74) is 2.47. The van der Waals surface area contributed by atoms with Crippen LogP contribution in [0.25, 0.3) is 5.69 Å². The molecule has 2 aromatic carbocycles. The van der Waals surface area contributed by atoms with Crippen LogP contribution in [0.3, 0.4) is 0 Å². The second-order valence-electron chi connectivity index (χ2n) is 8.24. The Bertz CT molecular complexity index is 1090. The van der Waals surface area contributed by atoms with E-state index in [0.717, 1.165) is 36.4 Å². The highest BCUT2D eigenvalue weighted by Crippen LogP contribution is 2.33. The van der Waals surface area contributed by atoms with Gasteiger partial charge in [-0.15, -0.1) is 0 Å². The highest BCUT2D eigenvalue weighted by atomic mass is 16.5. The molecule has 2 heterocycles. The van der Waals surface area contributed by atoms with E-state index >= 15 is 0 Å². The van der Waals surface area contributed by atoms with E-state index in [0.29, 0.717) is 30.5 Å². The first-order chi connectivity index (χ1) is 16.6. The Morgan fingerprint density at radius 2 is 1.94 bits per heavy atom. The Balaban J connectivity index is 1.72. The Labute approximate surface area is 200 Å². The standard InChI is InChI=1S/C26H31N3O5/c1-19-24(17-28(25(30)18-31-2)16-23-13-8-14-33-23)26(29(27-19)20-9-5-4-6-10-20)34-22-12-7-11-21(15-22)32-3/h4-7,9-12,15,23H,8,13-14,16-18H2,1-3H3/t23-/m0/s1. The van der Waals surface area contributed by atoms with Crippen LogP contribution in [0.1, 0.15) is 24.1 Å². The lowest BCUT2D eigenvalue weighted by Gasteiger charge is -2.25. The lowest BCUT2D eigenvalue weighted by molar-refractivity contribution is -0.137. The van der Waals surface area contributed by atoms with Gasteiger partial charge in [-0.2, -0.15) is 5.10 Å². The van der Waals surface area contributed by atoms with Crippen LogP contribution in [0.4, 0.5) is 0 Å². The van der Waals surface area contributed by atoms with Crippen molar-refractivity contribution < 1.29 is 23.7 Å². The van der Waals surface area contributed by atoms with Crippen molar-refractivity contribution >= 4 is 5.91 Å². The van der Waals surface area contributed by atoms with Crippen LogP contribution in [0.5, 0.6) is 17.4 Å². The average molecular weight is 466 g/mol. The van der Waals surface area contributed by atoms with Crippen LogP contribution < -0.4 is 9.47 Å². The Morgan fingerprint density at radius 3 is 2.65 bits per heavy atom. The number of amides is 1. The third-order valence-corrected chi connectivity index (χ3v) is 5.81. The van der Waals surface area contributed by atoms with Crippen molar-refractivity contribution in [2.45, 2.75) is 32.4 Å². The van der Waals surface area contributed by atoms with Gasteiger partial charge in [-0.05, 0) is 44.0 Å². The maximum Gasteiger partial charge on any atom is 0.248 e. The first-order valence-corrected chi connectivity index (χ1v) is 11.4. The van der Waals surface area contributed by atoms with Gasteiger partial charge in [-0.1, -0.05) is 24.3 Å². The monoisotopic (exact) mass is 465 g/mol. The molecule has 1 aliphatic heterocycles. The maximum atomic E-state index is 12.9. The molecular formula is C26H31N3O5.